The minimum absolute atomic E-state index is 0.0708. The van der Waals surface area contributed by atoms with Gasteiger partial charge in [-0.1, -0.05) is 24.3 Å². The number of sulfonamides is 2. The van der Waals surface area contributed by atoms with Crippen LogP contribution in [0.4, 0.5) is 11.4 Å². The van der Waals surface area contributed by atoms with Crippen LogP contribution >= 0.6 is 0 Å². The van der Waals surface area contributed by atoms with Crippen LogP contribution in [-0.4, -0.2) is 22.7 Å². The van der Waals surface area contributed by atoms with Gasteiger partial charge < -0.3 is 5.32 Å². The molecule has 0 bridgehead atoms. The van der Waals surface area contributed by atoms with Gasteiger partial charge in [-0.3, -0.25) is 9.52 Å². The standard InChI is InChI=1S/C19H17N3O5S2/c20-28(24,25)17-11-9-15(10-12-17)21-19(23)14-5-4-8-18(13-14)29(26,27)22-16-6-2-1-3-7-16/h1-13,22H,(H,21,23)(H2,20,24,25). The molecule has 0 unspecified atom stereocenters. The van der Waals surface area contributed by atoms with E-state index in [4.69, 9.17) is 5.14 Å². The number of amides is 1. The zero-order valence-electron chi connectivity index (χ0n) is 14.9. The van der Waals surface area contributed by atoms with E-state index in [1.165, 1.54) is 48.5 Å². The minimum Gasteiger partial charge on any atom is -0.322 e. The van der Waals surface area contributed by atoms with Crippen molar-refractivity contribution in [3.8, 4) is 0 Å². The average Bonchev–Trinajstić information content (AvgIpc) is 2.68. The molecule has 3 aromatic carbocycles. The van der Waals surface area contributed by atoms with Crippen molar-refractivity contribution in [1.29, 1.82) is 0 Å². The zero-order valence-corrected chi connectivity index (χ0v) is 16.6. The number of primary sulfonamides is 1. The van der Waals surface area contributed by atoms with Crippen LogP contribution in [0.25, 0.3) is 0 Å². The maximum Gasteiger partial charge on any atom is 0.261 e. The first-order chi connectivity index (χ1) is 13.6. The van der Waals surface area contributed by atoms with Crippen molar-refractivity contribution in [1.82, 2.24) is 0 Å². The van der Waals surface area contributed by atoms with Crippen LogP contribution in [0.3, 0.4) is 0 Å². The fourth-order valence-electron chi connectivity index (χ4n) is 2.46. The molecule has 0 aliphatic carbocycles. The van der Waals surface area contributed by atoms with Gasteiger partial charge in [0.2, 0.25) is 10.0 Å². The van der Waals surface area contributed by atoms with E-state index in [-0.39, 0.29) is 15.4 Å². The summed E-state index contributed by atoms with van der Waals surface area (Å²) in [5, 5.41) is 7.61. The predicted molar refractivity (Wildman–Crippen MR) is 109 cm³/mol. The number of benzene rings is 3. The molecule has 0 aliphatic heterocycles. The lowest BCUT2D eigenvalue weighted by atomic mass is 10.2. The number of para-hydroxylation sites is 1. The van der Waals surface area contributed by atoms with E-state index in [2.05, 4.69) is 10.0 Å². The molecule has 10 heteroatoms. The number of hydrogen-bond donors (Lipinski definition) is 3. The van der Waals surface area contributed by atoms with Crippen LogP contribution < -0.4 is 15.2 Å². The topological polar surface area (TPSA) is 135 Å². The molecule has 0 aliphatic rings. The van der Waals surface area contributed by atoms with Gasteiger partial charge in [-0.05, 0) is 54.6 Å². The maximum absolute atomic E-state index is 12.6. The molecule has 0 spiro atoms. The summed E-state index contributed by atoms with van der Waals surface area (Å²) in [6.07, 6.45) is 0. The van der Waals surface area contributed by atoms with E-state index < -0.39 is 26.0 Å². The van der Waals surface area contributed by atoms with Gasteiger partial charge in [-0.25, -0.2) is 22.0 Å². The van der Waals surface area contributed by atoms with Crippen LogP contribution in [0.15, 0.2) is 88.7 Å². The summed E-state index contributed by atoms with van der Waals surface area (Å²) in [7, 11) is -7.71. The van der Waals surface area contributed by atoms with Crippen LogP contribution in [0.1, 0.15) is 10.4 Å². The SMILES string of the molecule is NS(=O)(=O)c1ccc(NC(=O)c2cccc(S(=O)(=O)Nc3ccccc3)c2)cc1. The Hall–Kier alpha value is -3.21. The Morgan fingerprint density at radius 3 is 2.00 bits per heavy atom. The van der Waals surface area contributed by atoms with Crippen LogP contribution in [0, 0.1) is 0 Å². The summed E-state index contributed by atoms with van der Waals surface area (Å²) in [6.45, 7) is 0. The summed E-state index contributed by atoms with van der Waals surface area (Å²) in [5.74, 6) is -0.551. The van der Waals surface area contributed by atoms with Crippen LogP contribution in [-0.2, 0) is 20.0 Å². The molecular weight excluding hydrogens is 414 g/mol. The predicted octanol–water partition coefficient (Wildman–Crippen LogP) is 2.39. The van der Waals surface area contributed by atoms with Gasteiger partial charge in [-0.2, -0.15) is 0 Å². The first-order valence-electron chi connectivity index (χ1n) is 8.27. The molecule has 0 fully saturated rings. The van der Waals surface area contributed by atoms with Crippen molar-refractivity contribution in [2.24, 2.45) is 5.14 Å². The average molecular weight is 431 g/mol. The van der Waals surface area contributed by atoms with E-state index in [1.807, 2.05) is 0 Å². The molecule has 0 saturated heterocycles. The Kier molecular flexibility index (Phi) is 5.69. The van der Waals surface area contributed by atoms with Crippen molar-refractivity contribution in [2.75, 3.05) is 10.0 Å². The van der Waals surface area contributed by atoms with E-state index in [1.54, 1.807) is 30.3 Å². The van der Waals surface area contributed by atoms with E-state index >= 15 is 0 Å². The van der Waals surface area contributed by atoms with E-state index in [0.29, 0.717) is 11.4 Å². The van der Waals surface area contributed by atoms with E-state index in [0.717, 1.165) is 0 Å². The molecule has 29 heavy (non-hydrogen) atoms. The van der Waals surface area contributed by atoms with Gasteiger partial charge in [0, 0.05) is 16.9 Å². The molecule has 3 rings (SSSR count). The van der Waals surface area contributed by atoms with Gasteiger partial charge in [-0.15, -0.1) is 0 Å². The first-order valence-corrected chi connectivity index (χ1v) is 11.3. The zero-order chi connectivity index (χ0) is 21.1. The molecule has 3 aromatic rings. The lowest BCUT2D eigenvalue weighted by molar-refractivity contribution is 0.102. The molecule has 0 saturated carbocycles. The molecule has 0 radical (unpaired) electrons. The van der Waals surface area contributed by atoms with Crippen molar-refractivity contribution in [3.63, 3.8) is 0 Å². The van der Waals surface area contributed by atoms with E-state index in [9.17, 15) is 21.6 Å². The lowest BCUT2D eigenvalue weighted by Gasteiger charge is -2.10. The van der Waals surface area contributed by atoms with Crippen molar-refractivity contribution in [2.45, 2.75) is 9.79 Å². The third-order valence-electron chi connectivity index (χ3n) is 3.87. The van der Waals surface area contributed by atoms with Crippen molar-refractivity contribution >= 4 is 37.3 Å². The van der Waals surface area contributed by atoms with Crippen molar-refractivity contribution < 1.29 is 21.6 Å². The Bertz CT molecular complexity index is 1240. The fourth-order valence-corrected chi connectivity index (χ4v) is 4.08. The van der Waals surface area contributed by atoms with Crippen molar-refractivity contribution in [3.05, 3.63) is 84.4 Å². The fraction of sp³-hybridized carbons (Fsp3) is 0. The summed E-state index contributed by atoms with van der Waals surface area (Å²) >= 11 is 0. The highest BCUT2D eigenvalue weighted by atomic mass is 32.2. The summed E-state index contributed by atoms with van der Waals surface area (Å²) in [4.78, 5) is 12.3. The number of carbonyl (C=O) groups is 1. The Morgan fingerprint density at radius 2 is 1.38 bits per heavy atom. The summed E-state index contributed by atoms with van der Waals surface area (Å²) in [6, 6.07) is 19.2. The number of rotatable bonds is 6. The highest BCUT2D eigenvalue weighted by molar-refractivity contribution is 7.92. The Morgan fingerprint density at radius 1 is 0.724 bits per heavy atom. The van der Waals surface area contributed by atoms with Gasteiger partial charge in [0.1, 0.15) is 0 Å². The molecule has 0 aromatic heterocycles. The molecule has 1 amide bonds. The molecule has 8 nitrogen and oxygen atoms in total. The monoisotopic (exact) mass is 431 g/mol. The van der Waals surface area contributed by atoms with Gasteiger partial charge >= 0.3 is 0 Å². The van der Waals surface area contributed by atoms with Crippen LogP contribution in [0.2, 0.25) is 0 Å². The summed E-state index contributed by atoms with van der Waals surface area (Å²) in [5.41, 5.74) is 0.854. The number of hydrogen-bond acceptors (Lipinski definition) is 5. The Balaban J connectivity index is 1.79. The number of anilines is 2. The third kappa shape index (κ3) is 5.19. The second-order valence-electron chi connectivity index (χ2n) is 6.02. The highest BCUT2D eigenvalue weighted by Crippen LogP contribution is 2.18. The summed E-state index contributed by atoms with van der Waals surface area (Å²) < 4.78 is 50.1. The normalized spacial score (nSPS) is 11.6. The van der Waals surface area contributed by atoms with Gasteiger partial charge in [0.15, 0.2) is 0 Å². The second kappa shape index (κ2) is 8.03. The van der Waals surface area contributed by atoms with Gasteiger partial charge in [0.25, 0.3) is 15.9 Å². The first kappa shape index (κ1) is 20.5. The van der Waals surface area contributed by atoms with Crippen LogP contribution in [0.5, 0.6) is 0 Å². The minimum atomic E-state index is -3.87. The lowest BCUT2D eigenvalue weighted by Crippen LogP contribution is -2.16. The smallest absolute Gasteiger partial charge is 0.261 e. The number of nitrogens with two attached hydrogens (primary N) is 1. The maximum atomic E-state index is 12.6. The molecule has 150 valence electrons. The molecule has 4 N–H and O–H groups in total. The number of nitrogens with one attached hydrogen (secondary N) is 2. The highest BCUT2D eigenvalue weighted by Gasteiger charge is 2.17. The Labute approximate surface area is 168 Å². The largest absolute Gasteiger partial charge is 0.322 e. The molecule has 0 atom stereocenters. The third-order valence-corrected chi connectivity index (χ3v) is 6.18. The quantitative estimate of drug-likeness (QED) is 0.551. The molecular formula is C19H17N3O5S2. The number of carbonyl (C=O) groups excluding carboxylic acids is 1. The second-order valence-corrected chi connectivity index (χ2v) is 9.27. The molecule has 0 heterocycles. The van der Waals surface area contributed by atoms with Gasteiger partial charge in [0.05, 0.1) is 9.79 Å².